The lowest BCUT2D eigenvalue weighted by Gasteiger charge is -2.20. The minimum Gasteiger partial charge on any atom is -0.298 e. The van der Waals surface area contributed by atoms with Crippen LogP contribution < -0.4 is 0 Å². The smallest absolute Gasteiger partial charge is 0.271 e. The maximum absolute atomic E-state index is 11.8. The molecule has 0 atom stereocenters. The maximum atomic E-state index is 11.8. The van der Waals surface area contributed by atoms with Crippen molar-refractivity contribution >= 4 is 35.6 Å². The zero-order valence-corrected chi connectivity index (χ0v) is 8.83. The number of hydrogen-bond donors (Lipinski definition) is 0. The highest BCUT2D eigenvalue weighted by atomic mass is 32.2. The molecule has 0 radical (unpaired) electrons. The Kier molecular flexibility index (Phi) is 2.86. The van der Waals surface area contributed by atoms with Crippen molar-refractivity contribution in [3.05, 3.63) is 0 Å². The van der Waals surface area contributed by atoms with E-state index in [1.54, 1.807) is 6.21 Å². The summed E-state index contributed by atoms with van der Waals surface area (Å²) in [5.74, 6) is -1.50. The van der Waals surface area contributed by atoms with Gasteiger partial charge in [-0.15, -0.1) is 0 Å². The molecule has 0 unspecified atom stereocenters. The highest BCUT2D eigenvalue weighted by Crippen LogP contribution is 2.24. The van der Waals surface area contributed by atoms with Crippen molar-refractivity contribution in [2.45, 2.75) is 19.3 Å². The Balaban J connectivity index is 2.13. The van der Waals surface area contributed by atoms with Crippen molar-refractivity contribution in [1.29, 1.82) is 0 Å². The van der Waals surface area contributed by atoms with Crippen LogP contribution in [0.5, 0.6) is 0 Å². The molecule has 0 N–H and O–H groups in total. The molecule has 5 nitrogen and oxygen atoms in total. The molecule has 1 aliphatic carbocycles. The summed E-state index contributed by atoms with van der Waals surface area (Å²) < 4.78 is 1.14. The van der Waals surface area contributed by atoms with Crippen LogP contribution in [0.2, 0.25) is 0 Å². The molecular formula is C9H10N2O3S. The Morgan fingerprint density at radius 1 is 1.40 bits per heavy atom. The van der Waals surface area contributed by atoms with E-state index in [4.69, 9.17) is 0 Å². The average molecular weight is 226 g/mol. The van der Waals surface area contributed by atoms with Gasteiger partial charge in [0.05, 0.1) is 5.75 Å². The van der Waals surface area contributed by atoms with E-state index in [9.17, 15) is 14.4 Å². The van der Waals surface area contributed by atoms with Crippen LogP contribution in [0.3, 0.4) is 0 Å². The van der Waals surface area contributed by atoms with Crippen LogP contribution in [0.4, 0.5) is 0 Å². The van der Waals surface area contributed by atoms with Crippen LogP contribution >= 0.6 is 11.9 Å². The van der Waals surface area contributed by atoms with E-state index in [1.165, 1.54) is 11.9 Å². The van der Waals surface area contributed by atoms with E-state index in [-0.39, 0.29) is 11.6 Å². The number of amides is 1. The van der Waals surface area contributed by atoms with Crippen molar-refractivity contribution < 1.29 is 14.4 Å². The first-order chi connectivity index (χ1) is 7.20. The van der Waals surface area contributed by atoms with Gasteiger partial charge in [-0.25, -0.2) is 0 Å². The molecule has 15 heavy (non-hydrogen) atoms. The first-order valence-corrected chi connectivity index (χ1v) is 5.69. The monoisotopic (exact) mass is 226 g/mol. The van der Waals surface area contributed by atoms with Crippen LogP contribution in [0.25, 0.3) is 0 Å². The van der Waals surface area contributed by atoms with Crippen LogP contribution in [0.15, 0.2) is 5.10 Å². The fraction of sp³-hybridized carbons (Fsp3) is 0.556. The number of carbonyl (C=O) groups excluding carboxylic acids is 3. The molecular weight excluding hydrogens is 216 g/mol. The van der Waals surface area contributed by atoms with E-state index >= 15 is 0 Å². The first kappa shape index (κ1) is 10.4. The Morgan fingerprint density at radius 2 is 2.07 bits per heavy atom. The lowest BCUT2D eigenvalue weighted by atomic mass is 9.86. The minimum atomic E-state index is -1.10. The Bertz CT molecular complexity index is 337. The second-order valence-electron chi connectivity index (χ2n) is 3.42. The summed E-state index contributed by atoms with van der Waals surface area (Å²) in [6.07, 6.45) is 2.80. The molecule has 2 rings (SSSR count). The molecule has 0 aromatic heterocycles. The second kappa shape index (κ2) is 4.14. The zero-order chi connectivity index (χ0) is 10.8. The number of rotatable bonds is 1. The number of hydrazone groups is 1. The standard InChI is InChI=1S/C9H10N2O3S/c12-6-2-1-3-7(13)8(6)9(14)11-10-4-5-15-11/h4,8H,1-3,5H2. The predicted molar refractivity (Wildman–Crippen MR) is 55.2 cm³/mol. The van der Waals surface area contributed by atoms with Gasteiger partial charge in [0, 0.05) is 19.1 Å². The fourth-order valence-corrected chi connectivity index (χ4v) is 2.30. The highest BCUT2D eigenvalue weighted by molar-refractivity contribution is 7.98. The summed E-state index contributed by atoms with van der Waals surface area (Å²) in [5, 5.41) is 3.80. The molecule has 0 bridgehead atoms. The van der Waals surface area contributed by atoms with E-state index in [0.717, 1.165) is 4.41 Å². The number of nitrogens with zero attached hydrogens (tertiary/aromatic N) is 2. The quantitative estimate of drug-likeness (QED) is 0.479. The van der Waals surface area contributed by atoms with Crippen molar-refractivity contribution in [2.24, 2.45) is 11.0 Å². The van der Waals surface area contributed by atoms with Crippen molar-refractivity contribution in [3.63, 3.8) is 0 Å². The van der Waals surface area contributed by atoms with Crippen molar-refractivity contribution in [3.8, 4) is 0 Å². The van der Waals surface area contributed by atoms with Crippen molar-refractivity contribution in [1.82, 2.24) is 4.41 Å². The van der Waals surface area contributed by atoms with Gasteiger partial charge < -0.3 is 0 Å². The van der Waals surface area contributed by atoms with Gasteiger partial charge in [0.25, 0.3) is 5.91 Å². The fourth-order valence-electron chi connectivity index (χ4n) is 1.66. The third-order valence-electron chi connectivity index (χ3n) is 2.38. The number of Topliss-reactive ketones (excluding diaryl/α,β-unsaturated/α-hetero) is 2. The summed E-state index contributed by atoms with van der Waals surface area (Å²) in [5.41, 5.74) is 0. The summed E-state index contributed by atoms with van der Waals surface area (Å²) in [7, 11) is 0. The molecule has 0 aromatic rings. The van der Waals surface area contributed by atoms with Crippen molar-refractivity contribution in [2.75, 3.05) is 5.75 Å². The Morgan fingerprint density at radius 3 is 2.60 bits per heavy atom. The Labute approximate surface area is 91.0 Å². The van der Waals surface area contributed by atoms with Gasteiger partial charge in [-0.05, 0) is 18.4 Å². The molecule has 2 aliphatic rings. The zero-order valence-electron chi connectivity index (χ0n) is 8.01. The molecule has 1 amide bonds. The van der Waals surface area contributed by atoms with Gasteiger partial charge in [-0.2, -0.15) is 9.52 Å². The summed E-state index contributed by atoms with van der Waals surface area (Å²) >= 11 is 1.21. The van der Waals surface area contributed by atoms with Gasteiger partial charge in [0.1, 0.15) is 0 Å². The normalized spacial score (nSPS) is 22.5. The van der Waals surface area contributed by atoms with Gasteiger partial charge in [-0.1, -0.05) is 0 Å². The maximum Gasteiger partial charge on any atom is 0.271 e. The predicted octanol–water partition coefficient (Wildman–Crippen LogP) is 0.401. The third-order valence-corrected chi connectivity index (χ3v) is 3.20. The largest absolute Gasteiger partial charge is 0.298 e. The molecule has 80 valence electrons. The van der Waals surface area contributed by atoms with E-state index in [1.807, 2.05) is 0 Å². The molecule has 1 aliphatic heterocycles. The Hall–Kier alpha value is -1.17. The molecule has 0 spiro atoms. The lowest BCUT2D eigenvalue weighted by Crippen LogP contribution is -2.40. The summed E-state index contributed by atoms with van der Waals surface area (Å²) in [4.78, 5) is 34.7. The lowest BCUT2D eigenvalue weighted by molar-refractivity contribution is -0.145. The summed E-state index contributed by atoms with van der Waals surface area (Å²) in [6.45, 7) is 0. The molecule has 1 heterocycles. The van der Waals surface area contributed by atoms with Crippen LogP contribution in [-0.4, -0.2) is 33.9 Å². The van der Waals surface area contributed by atoms with E-state index in [0.29, 0.717) is 25.0 Å². The first-order valence-electron chi connectivity index (χ1n) is 4.75. The van der Waals surface area contributed by atoms with E-state index in [2.05, 4.69) is 5.10 Å². The number of ketones is 2. The van der Waals surface area contributed by atoms with E-state index < -0.39 is 11.8 Å². The topological polar surface area (TPSA) is 66.8 Å². The molecule has 6 heteroatoms. The third kappa shape index (κ3) is 1.94. The molecule has 1 saturated carbocycles. The second-order valence-corrected chi connectivity index (χ2v) is 4.36. The average Bonchev–Trinajstić information content (AvgIpc) is 2.69. The number of carbonyl (C=O) groups is 3. The van der Waals surface area contributed by atoms with Gasteiger partial charge in [-0.3, -0.25) is 14.4 Å². The summed E-state index contributed by atoms with van der Waals surface area (Å²) in [6, 6.07) is 0. The van der Waals surface area contributed by atoms with Crippen LogP contribution in [-0.2, 0) is 14.4 Å². The molecule has 0 aromatic carbocycles. The van der Waals surface area contributed by atoms with Gasteiger partial charge in [0.2, 0.25) is 0 Å². The molecule has 1 fully saturated rings. The van der Waals surface area contributed by atoms with Crippen LogP contribution in [0, 0.1) is 5.92 Å². The van der Waals surface area contributed by atoms with Gasteiger partial charge >= 0.3 is 0 Å². The minimum absolute atomic E-state index is 0.265. The molecule has 0 saturated heterocycles. The SMILES string of the molecule is O=C1CCCC(=O)C1C(=O)N1N=CCS1. The highest BCUT2D eigenvalue weighted by Gasteiger charge is 2.39. The van der Waals surface area contributed by atoms with Gasteiger partial charge in [0.15, 0.2) is 17.5 Å². The van der Waals surface area contributed by atoms with Crippen LogP contribution in [0.1, 0.15) is 19.3 Å². The number of hydrogen-bond acceptors (Lipinski definition) is 5.